The van der Waals surface area contributed by atoms with Crippen LogP contribution in [0.25, 0.3) is 0 Å². The molecule has 0 aliphatic heterocycles. The molecule has 82 valence electrons. The molecule has 3 nitrogen and oxygen atoms in total. The van der Waals surface area contributed by atoms with Gasteiger partial charge in [-0.2, -0.15) is 0 Å². The van der Waals surface area contributed by atoms with Crippen molar-refractivity contribution in [1.29, 1.82) is 0 Å². The van der Waals surface area contributed by atoms with Gasteiger partial charge in [0.05, 0.1) is 10.0 Å². The molecule has 0 aliphatic carbocycles. The number of hydrogen-bond donors (Lipinski definition) is 0. The Morgan fingerprint density at radius 1 is 1.47 bits per heavy atom. The van der Waals surface area contributed by atoms with Crippen LogP contribution in [0.2, 0.25) is 0 Å². The van der Waals surface area contributed by atoms with Crippen molar-refractivity contribution in [3.63, 3.8) is 0 Å². The molecule has 0 aromatic carbocycles. The molecule has 1 aromatic rings. The summed E-state index contributed by atoms with van der Waals surface area (Å²) in [7, 11) is 1.87. The molecule has 1 heterocycles. The number of Topliss-reactive ketones (excluding diaryl/α,β-unsaturated/α-hetero) is 1. The Morgan fingerprint density at radius 2 is 2.00 bits per heavy atom. The standard InChI is InChI=1S/C11H14BrNO2/c1-5-8-9(7(3)14)11(15)10(12)6(2)13(8)4/h5H2,1-4H3. The van der Waals surface area contributed by atoms with Crippen molar-refractivity contribution < 1.29 is 4.79 Å². The number of rotatable bonds is 2. The quantitative estimate of drug-likeness (QED) is 0.774. The van der Waals surface area contributed by atoms with E-state index in [2.05, 4.69) is 15.9 Å². The SMILES string of the molecule is CCc1c(C(C)=O)c(=O)c(Br)c(C)n1C. The minimum absolute atomic E-state index is 0.173. The summed E-state index contributed by atoms with van der Waals surface area (Å²) < 4.78 is 2.37. The number of halogens is 1. The lowest BCUT2D eigenvalue weighted by molar-refractivity contribution is 0.101. The fourth-order valence-corrected chi connectivity index (χ4v) is 2.16. The molecule has 0 saturated carbocycles. The Labute approximate surface area is 97.2 Å². The zero-order valence-corrected chi connectivity index (χ0v) is 10.9. The van der Waals surface area contributed by atoms with Gasteiger partial charge in [0.15, 0.2) is 5.78 Å². The Kier molecular flexibility index (Phi) is 3.50. The Morgan fingerprint density at radius 3 is 2.40 bits per heavy atom. The second-order valence-corrected chi connectivity index (χ2v) is 4.31. The summed E-state index contributed by atoms with van der Waals surface area (Å²) in [5.74, 6) is -0.173. The summed E-state index contributed by atoms with van der Waals surface area (Å²) >= 11 is 3.23. The maximum absolute atomic E-state index is 11.9. The first kappa shape index (κ1) is 12.2. The molecule has 0 fully saturated rings. The average Bonchev–Trinajstić information content (AvgIpc) is 2.19. The van der Waals surface area contributed by atoms with Crippen LogP contribution in [0, 0.1) is 6.92 Å². The van der Waals surface area contributed by atoms with Crippen LogP contribution < -0.4 is 5.43 Å². The summed E-state index contributed by atoms with van der Waals surface area (Å²) in [6.45, 7) is 5.22. The van der Waals surface area contributed by atoms with Crippen molar-refractivity contribution in [1.82, 2.24) is 4.57 Å². The molecule has 1 rings (SSSR count). The van der Waals surface area contributed by atoms with Crippen LogP contribution in [-0.2, 0) is 13.5 Å². The van der Waals surface area contributed by atoms with Crippen LogP contribution in [0.3, 0.4) is 0 Å². The average molecular weight is 272 g/mol. The monoisotopic (exact) mass is 271 g/mol. The maximum Gasteiger partial charge on any atom is 0.207 e. The van der Waals surface area contributed by atoms with Crippen LogP contribution >= 0.6 is 15.9 Å². The normalized spacial score (nSPS) is 10.5. The van der Waals surface area contributed by atoms with Gasteiger partial charge in [-0.15, -0.1) is 0 Å². The molecule has 0 bridgehead atoms. The molecule has 0 N–H and O–H groups in total. The smallest absolute Gasteiger partial charge is 0.207 e. The summed E-state index contributed by atoms with van der Waals surface area (Å²) in [5, 5.41) is 0. The molecule has 15 heavy (non-hydrogen) atoms. The molecule has 0 aliphatic rings. The topological polar surface area (TPSA) is 39.1 Å². The van der Waals surface area contributed by atoms with Gasteiger partial charge in [0, 0.05) is 18.4 Å². The van der Waals surface area contributed by atoms with Crippen molar-refractivity contribution in [2.24, 2.45) is 7.05 Å². The van der Waals surface area contributed by atoms with Gasteiger partial charge in [0.1, 0.15) is 0 Å². The Balaban J connectivity index is 3.78. The lowest BCUT2D eigenvalue weighted by atomic mass is 10.1. The zero-order valence-electron chi connectivity index (χ0n) is 9.35. The summed E-state index contributed by atoms with van der Waals surface area (Å²) in [6, 6.07) is 0. The molecular formula is C11H14BrNO2. The Hall–Kier alpha value is -0.900. The highest BCUT2D eigenvalue weighted by Crippen LogP contribution is 2.16. The summed E-state index contributed by atoms with van der Waals surface area (Å²) in [6.07, 6.45) is 0.675. The first-order valence-corrected chi connectivity index (χ1v) is 5.60. The molecule has 0 atom stereocenters. The van der Waals surface area contributed by atoms with E-state index in [1.165, 1.54) is 6.92 Å². The van der Waals surface area contributed by atoms with Crippen LogP contribution in [-0.4, -0.2) is 10.4 Å². The molecule has 1 aromatic heterocycles. The highest BCUT2D eigenvalue weighted by Gasteiger charge is 2.17. The van der Waals surface area contributed by atoms with E-state index in [4.69, 9.17) is 0 Å². The number of carbonyl (C=O) groups is 1. The maximum atomic E-state index is 11.9. The van der Waals surface area contributed by atoms with E-state index in [0.717, 1.165) is 11.4 Å². The van der Waals surface area contributed by atoms with Crippen LogP contribution in [0.1, 0.15) is 35.6 Å². The molecular weight excluding hydrogens is 258 g/mol. The van der Waals surface area contributed by atoms with Crippen molar-refractivity contribution in [2.75, 3.05) is 0 Å². The summed E-state index contributed by atoms with van der Waals surface area (Å²) in [5.41, 5.74) is 1.75. The lowest BCUT2D eigenvalue weighted by Gasteiger charge is -2.15. The van der Waals surface area contributed by atoms with Gasteiger partial charge in [0.2, 0.25) is 5.43 Å². The third kappa shape index (κ3) is 1.91. The highest BCUT2D eigenvalue weighted by atomic mass is 79.9. The highest BCUT2D eigenvalue weighted by molar-refractivity contribution is 9.10. The van der Waals surface area contributed by atoms with E-state index in [9.17, 15) is 9.59 Å². The van der Waals surface area contributed by atoms with Crippen molar-refractivity contribution in [3.05, 3.63) is 31.6 Å². The van der Waals surface area contributed by atoms with E-state index >= 15 is 0 Å². The predicted octanol–water partition coefficient (Wildman–Crippen LogP) is 2.22. The van der Waals surface area contributed by atoms with Crippen molar-refractivity contribution >= 4 is 21.7 Å². The number of nitrogens with zero attached hydrogens (tertiary/aromatic N) is 1. The van der Waals surface area contributed by atoms with Crippen LogP contribution in [0.5, 0.6) is 0 Å². The molecule has 0 radical (unpaired) electrons. The van der Waals surface area contributed by atoms with Gasteiger partial charge in [-0.3, -0.25) is 9.59 Å². The number of aromatic nitrogens is 1. The minimum Gasteiger partial charge on any atom is -0.350 e. The van der Waals surface area contributed by atoms with E-state index in [1.54, 1.807) is 0 Å². The van der Waals surface area contributed by atoms with Crippen LogP contribution in [0.15, 0.2) is 9.27 Å². The minimum atomic E-state index is -0.199. The first-order chi connectivity index (χ1) is 6.91. The Bertz CT molecular complexity index is 474. The van der Waals surface area contributed by atoms with Crippen molar-refractivity contribution in [2.45, 2.75) is 27.2 Å². The fourth-order valence-electron chi connectivity index (χ4n) is 1.70. The van der Waals surface area contributed by atoms with E-state index in [-0.39, 0.29) is 11.2 Å². The third-order valence-electron chi connectivity index (χ3n) is 2.63. The predicted molar refractivity (Wildman–Crippen MR) is 63.5 cm³/mol. The lowest BCUT2D eigenvalue weighted by Crippen LogP contribution is -2.23. The third-order valence-corrected chi connectivity index (χ3v) is 3.56. The number of hydrogen-bond acceptors (Lipinski definition) is 2. The number of ketones is 1. The van der Waals surface area contributed by atoms with Gasteiger partial charge in [0.25, 0.3) is 0 Å². The molecule has 4 heteroatoms. The van der Waals surface area contributed by atoms with Gasteiger partial charge >= 0.3 is 0 Å². The number of pyridine rings is 1. The van der Waals surface area contributed by atoms with Gasteiger partial charge in [-0.05, 0) is 36.2 Å². The van der Waals surface area contributed by atoms with Crippen molar-refractivity contribution in [3.8, 4) is 0 Å². The molecule has 0 saturated heterocycles. The van der Waals surface area contributed by atoms with Crippen LogP contribution in [0.4, 0.5) is 0 Å². The number of carbonyl (C=O) groups excluding carboxylic acids is 1. The van der Waals surface area contributed by atoms with Gasteiger partial charge in [-0.1, -0.05) is 6.92 Å². The van der Waals surface area contributed by atoms with E-state index in [1.807, 2.05) is 25.5 Å². The van der Waals surface area contributed by atoms with Gasteiger partial charge < -0.3 is 4.57 Å². The van der Waals surface area contributed by atoms with E-state index in [0.29, 0.717) is 16.5 Å². The van der Waals surface area contributed by atoms with E-state index < -0.39 is 0 Å². The fraction of sp³-hybridized carbons (Fsp3) is 0.455. The molecule has 0 unspecified atom stereocenters. The molecule has 0 spiro atoms. The molecule has 0 amide bonds. The summed E-state index contributed by atoms with van der Waals surface area (Å²) in [4.78, 5) is 23.3. The van der Waals surface area contributed by atoms with Gasteiger partial charge in [-0.25, -0.2) is 0 Å². The second-order valence-electron chi connectivity index (χ2n) is 3.52. The first-order valence-electron chi connectivity index (χ1n) is 4.80. The zero-order chi connectivity index (χ0) is 11.7. The second kappa shape index (κ2) is 4.31. The largest absolute Gasteiger partial charge is 0.350 e.